The Labute approximate surface area is 219 Å². The SMILES string of the molecule is O=P(O)(O)OC[C@H](O)COc1cc(Cl)c(-c2noc(-c3cn4cc(C(F)(F)F)cc(Cl)c4n3)n2)cc1Cl. The topological polar surface area (TPSA) is 152 Å². The van der Waals surface area contributed by atoms with Crippen molar-refractivity contribution < 1.29 is 46.4 Å². The Morgan fingerprint density at radius 3 is 2.46 bits per heavy atom. The van der Waals surface area contributed by atoms with Crippen LogP contribution >= 0.6 is 42.6 Å². The standard InChI is InChI=1S/C19H13Cl3F3N4O7P/c20-11-3-15(34-6-9(30)7-35-37(31,32)33)12(21)2-10(11)16-27-18(36-28-16)14-5-29-4-8(19(23,24)25)1-13(22)17(29)26-14/h1-5,9,30H,6-7H2,(H2,31,32,33)/t9-/m1/s1. The lowest BCUT2D eigenvalue weighted by atomic mass is 10.2. The summed E-state index contributed by atoms with van der Waals surface area (Å²) in [4.78, 5) is 25.6. The Morgan fingerprint density at radius 1 is 1.05 bits per heavy atom. The maximum atomic E-state index is 13.1. The third-order valence-electron chi connectivity index (χ3n) is 4.61. The van der Waals surface area contributed by atoms with E-state index in [-0.39, 0.29) is 49.4 Å². The van der Waals surface area contributed by atoms with Gasteiger partial charge in [0.05, 0.1) is 27.2 Å². The van der Waals surface area contributed by atoms with Crippen molar-refractivity contribution in [3.63, 3.8) is 0 Å². The molecule has 3 aromatic heterocycles. The second-order valence-corrected chi connectivity index (χ2v) is 9.83. The molecule has 1 aromatic carbocycles. The molecule has 0 saturated heterocycles. The van der Waals surface area contributed by atoms with Crippen molar-refractivity contribution in [2.45, 2.75) is 12.3 Å². The second-order valence-electron chi connectivity index (χ2n) is 7.37. The molecule has 0 amide bonds. The van der Waals surface area contributed by atoms with E-state index in [1.165, 1.54) is 18.3 Å². The van der Waals surface area contributed by atoms with Crippen LogP contribution in [0.4, 0.5) is 13.2 Å². The first kappa shape index (κ1) is 27.6. The van der Waals surface area contributed by atoms with Crippen LogP contribution in [0.2, 0.25) is 15.1 Å². The van der Waals surface area contributed by atoms with Crippen molar-refractivity contribution in [2.75, 3.05) is 13.2 Å². The van der Waals surface area contributed by atoms with Crippen LogP contribution in [0, 0.1) is 0 Å². The third-order valence-corrected chi connectivity index (χ3v) is 5.98. The maximum absolute atomic E-state index is 13.1. The molecule has 0 aliphatic heterocycles. The van der Waals surface area contributed by atoms with Gasteiger partial charge in [0.15, 0.2) is 5.65 Å². The van der Waals surface area contributed by atoms with Gasteiger partial charge < -0.3 is 28.6 Å². The molecule has 0 fully saturated rings. The fourth-order valence-electron chi connectivity index (χ4n) is 2.98. The quantitative estimate of drug-likeness (QED) is 0.238. The molecule has 4 aromatic rings. The van der Waals surface area contributed by atoms with Crippen molar-refractivity contribution in [3.8, 4) is 28.7 Å². The normalized spacial score (nSPS) is 13.3. The van der Waals surface area contributed by atoms with Gasteiger partial charge in [0, 0.05) is 24.0 Å². The fourth-order valence-corrected chi connectivity index (χ4v) is 4.06. The van der Waals surface area contributed by atoms with Crippen LogP contribution < -0.4 is 4.74 Å². The first-order valence-corrected chi connectivity index (χ1v) is 12.5. The van der Waals surface area contributed by atoms with Gasteiger partial charge in [-0.2, -0.15) is 18.2 Å². The summed E-state index contributed by atoms with van der Waals surface area (Å²) >= 11 is 18.4. The van der Waals surface area contributed by atoms with Crippen molar-refractivity contribution in [1.29, 1.82) is 0 Å². The molecule has 4 rings (SSSR count). The zero-order valence-corrected chi connectivity index (χ0v) is 21.0. The number of benzene rings is 1. The Kier molecular flexibility index (Phi) is 7.75. The van der Waals surface area contributed by atoms with Gasteiger partial charge in [0.2, 0.25) is 5.82 Å². The van der Waals surface area contributed by atoms with Gasteiger partial charge in [-0.1, -0.05) is 40.0 Å². The summed E-state index contributed by atoms with van der Waals surface area (Å²) in [6.45, 7) is -1.11. The number of halogens is 6. The largest absolute Gasteiger partial charge is 0.489 e. The van der Waals surface area contributed by atoms with Crippen LogP contribution in [0.15, 0.2) is 35.1 Å². The van der Waals surface area contributed by atoms with E-state index in [2.05, 4.69) is 19.6 Å². The molecule has 0 saturated carbocycles. The first-order valence-electron chi connectivity index (χ1n) is 9.81. The zero-order valence-electron chi connectivity index (χ0n) is 17.9. The van der Waals surface area contributed by atoms with Gasteiger partial charge in [-0.3, -0.25) is 4.52 Å². The summed E-state index contributed by atoms with van der Waals surface area (Å²) < 4.78 is 65.7. The molecule has 18 heteroatoms. The highest BCUT2D eigenvalue weighted by molar-refractivity contribution is 7.46. The van der Waals surface area contributed by atoms with E-state index in [4.69, 9.17) is 53.8 Å². The number of aliphatic hydroxyl groups excluding tert-OH is 1. The highest BCUT2D eigenvalue weighted by Crippen LogP contribution is 2.38. The van der Waals surface area contributed by atoms with Crippen LogP contribution in [0.25, 0.3) is 28.6 Å². The average molecular weight is 604 g/mol. The third kappa shape index (κ3) is 6.54. The number of alkyl halides is 3. The molecule has 0 unspecified atom stereocenters. The molecule has 0 bridgehead atoms. The first-order chi connectivity index (χ1) is 17.2. The molecule has 198 valence electrons. The van der Waals surface area contributed by atoms with E-state index in [0.29, 0.717) is 0 Å². The molecule has 3 heterocycles. The number of hydrogen-bond donors (Lipinski definition) is 3. The van der Waals surface area contributed by atoms with Gasteiger partial charge in [-0.25, -0.2) is 9.55 Å². The molecule has 11 nitrogen and oxygen atoms in total. The number of aliphatic hydroxyl groups is 1. The second kappa shape index (κ2) is 10.4. The van der Waals surface area contributed by atoms with Crippen LogP contribution in [-0.2, 0) is 15.3 Å². The van der Waals surface area contributed by atoms with Gasteiger partial charge in [-0.15, -0.1) is 0 Å². The van der Waals surface area contributed by atoms with Crippen LogP contribution in [0.5, 0.6) is 5.75 Å². The molecule has 1 atom stereocenters. The number of nitrogens with zero attached hydrogens (tertiary/aromatic N) is 4. The number of phosphoric acid groups is 1. The number of fused-ring (bicyclic) bond motifs is 1. The van der Waals surface area contributed by atoms with E-state index in [0.717, 1.165) is 16.7 Å². The molecule has 3 N–H and O–H groups in total. The van der Waals surface area contributed by atoms with Crippen molar-refractivity contribution in [2.24, 2.45) is 0 Å². The number of aromatic nitrogens is 4. The smallest absolute Gasteiger partial charge is 0.469 e. The minimum absolute atomic E-state index is 0.0213. The number of phosphoric ester groups is 1. The summed E-state index contributed by atoms with van der Waals surface area (Å²) in [5, 5.41) is 13.4. The zero-order chi connectivity index (χ0) is 27.1. The lowest BCUT2D eigenvalue weighted by Crippen LogP contribution is -2.23. The highest BCUT2D eigenvalue weighted by Gasteiger charge is 2.32. The Hall–Kier alpha value is -2.42. The summed E-state index contributed by atoms with van der Waals surface area (Å²) in [6.07, 6.45) is -3.94. The number of pyridine rings is 1. The number of imidazole rings is 1. The number of rotatable bonds is 8. The predicted molar refractivity (Wildman–Crippen MR) is 123 cm³/mol. The minimum atomic E-state index is -4.76. The minimum Gasteiger partial charge on any atom is -0.489 e. The van der Waals surface area contributed by atoms with E-state index >= 15 is 0 Å². The number of hydrogen-bond acceptors (Lipinski definition) is 8. The molecule has 0 aliphatic rings. The maximum Gasteiger partial charge on any atom is 0.469 e. The van der Waals surface area contributed by atoms with Crippen molar-refractivity contribution in [3.05, 3.63) is 51.2 Å². The Balaban J connectivity index is 1.54. The molecular formula is C19H13Cl3F3N4O7P. The number of ether oxygens (including phenoxy) is 1. The van der Waals surface area contributed by atoms with Gasteiger partial charge in [0.25, 0.3) is 5.89 Å². The summed E-state index contributed by atoms with van der Waals surface area (Å²) in [6, 6.07) is 3.37. The van der Waals surface area contributed by atoms with Crippen LogP contribution in [0.1, 0.15) is 5.56 Å². The van der Waals surface area contributed by atoms with Crippen LogP contribution in [-0.4, -0.2) is 53.7 Å². The molecular weight excluding hydrogens is 591 g/mol. The van der Waals surface area contributed by atoms with Gasteiger partial charge in [0.1, 0.15) is 24.2 Å². The van der Waals surface area contributed by atoms with E-state index in [9.17, 15) is 22.8 Å². The Bertz CT molecular complexity index is 1510. The van der Waals surface area contributed by atoms with Crippen molar-refractivity contribution in [1.82, 2.24) is 19.5 Å². The fraction of sp³-hybridized carbons (Fsp3) is 0.211. The molecule has 0 spiro atoms. The molecule has 37 heavy (non-hydrogen) atoms. The average Bonchev–Trinajstić information content (AvgIpc) is 3.44. The van der Waals surface area contributed by atoms with E-state index < -0.39 is 38.9 Å². The van der Waals surface area contributed by atoms with E-state index in [1.54, 1.807) is 0 Å². The van der Waals surface area contributed by atoms with Crippen LogP contribution in [0.3, 0.4) is 0 Å². The monoisotopic (exact) mass is 602 g/mol. The summed E-state index contributed by atoms with van der Waals surface area (Å²) in [5.41, 5.74) is -0.666. The predicted octanol–water partition coefficient (Wildman–Crippen LogP) is 4.88. The highest BCUT2D eigenvalue weighted by atomic mass is 35.5. The van der Waals surface area contributed by atoms with E-state index in [1.807, 2.05) is 0 Å². The Morgan fingerprint density at radius 2 is 1.78 bits per heavy atom. The molecule has 0 aliphatic carbocycles. The summed E-state index contributed by atoms with van der Waals surface area (Å²) in [5.74, 6) is -0.128. The lowest BCUT2D eigenvalue weighted by Gasteiger charge is -2.14. The van der Waals surface area contributed by atoms with Crippen molar-refractivity contribution >= 4 is 48.3 Å². The van der Waals surface area contributed by atoms with Gasteiger partial charge in [-0.05, 0) is 12.1 Å². The van der Waals surface area contributed by atoms with Gasteiger partial charge >= 0.3 is 14.0 Å². The molecule has 0 radical (unpaired) electrons. The lowest BCUT2D eigenvalue weighted by molar-refractivity contribution is -0.137. The summed E-state index contributed by atoms with van der Waals surface area (Å²) in [7, 11) is -4.76.